The van der Waals surface area contributed by atoms with Crippen LogP contribution in [0.3, 0.4) is 0 Å². The van der Waals surface area contributed by atoms with Gasteiger partial charge in [-0.05, 0) is 6.92 Å². The highest BCUT2D eigenvalue weighted by molar-refractivity contribution is 5.70. The van der Waals surface area contributed by atoms with Gasteiger partial charge in [-0.25, -0.2) is 4.98 Å². The fourth-order valence-corrected chi connectivity index (χ4v) is 1.55. The molecule has 0 saturated heterocycles. The van der Waals surface area contributed by atoms with Gasteiger partial charge in [0.1, 0.15) is 11.5 Å². The first-order valence-electron chi connectivity index (χ1n) is 5.03. The van der Waals surface area contributed by atoms with E-state index in [9.17, 15) is 0 Å². The van der Waals surface area contributed by atoms with Gasteiger partial charge in [0.15, 0.2) is 0 Å². The van der Waals surface area contributed by atoms with Crippen molar-refractivity contribution in [2.75, 3.05) is 5.73 Å². The molecule has 0 saturated carbocycles. The van der Waals surface area contributed by atoms with E-state index in [0.29, 0.717) is 12.4 Å². The molecule has 2 aromatic rings. The molecule has 0 aliphatic rings. The van der Waals surface area contributed by atoms with Crippen LogP contribution >= 0.6 is 0 Å². The highest BCUT2D eigenvalue weighted by Crippen LogP contribution is 2.24. The summed E-state index contributed by atoms with van der Waals surface area (Å²) in [6.45, 7) is 2.49. The molecule has 0 radical (unpaired) electrons. The average molecular weight is 211 g/mol. The summed E-state index contributed by atoms with van der Waals surface area (Å²) < 4.78 is 1.76. The molecule has 0 atom stereocenters. The first-order chi connectivity index (χ1) is 7.72. The highest BCUT2D eigenvalue weighted by Gasteiger charge is 2.08. The number of rotatable bonds is 2. The van der Waals surface area contributed by atoms with Crippen molar-refractivity contribution in [1.82, 2.24) is 9.55 Å². The van der Waals surface area contributed by atoms with E-state index in [1.807, 2.05) is 31.2 Å². The standard InChI is InChI=1S/C13H13N3/c1-3-8-16-9-15-12(13(16)14)11-6-4-10(2)5-7-11/h1,4-7,9H,8,14H2,2H3. The van der Waals surface area contributed by atoms with Gasteiger partial charge in [0, 0.05) is 5.56 Å². The molecule has 0 unspecified atom stereocenters. The first-order valence-corrected chi connectivity index (χ1v) is 5.03. The molecule has 3 heteroatoms. The summed E-state index contributed by atoms with van der Waals surface area (Å²) >= 11 is 0. The van der Waals surface area contributed by atoms with E-state index < -0.39 is 0 Å². The molecule has 0 aliphatic heterocycles. The van der Waals surface area contributed by atoms with Crippen molar-refractivity contribution in [3.8, 4) is 23.6 Å². The lowest BCUT2D eigenvalue weighted by Crippen LogP contribution is -2.00. The van der Waals surface area contributed by atoms with Gasteiger partial charge < -0.3 is 10.3 Å². The van der Waals surface area contributed by atoms with Gasteiger partial charge >= 0.3 is 0 Å². The third-order valence-corrected chi connectivity index (χ3v) is 2.46. The van der Waals surface area contributed by atoms with Crippen molar-refractivity contribution in [3.63, 3.8) is 0 Å². The molecule has 0 amide bonds. The fourth-order valence-electron chi connectivity index (χ4n) is 1.55. The second-order valence-electron chi connectivity index (χ2n) is 3.68. The van der Waals surface area contributed by atoms with E-state index in [0.717, 1.165) is 11.3 Å². The van der Waals surface area contributed by atoms with Crippen LogP contribution in [0.4, 0.5) is 5.82 Å². The Hall–Kier alpha value is -2.21. The molecule has 0 fully saturated rings. The quantitative estimate of drug-likeness (QED) is 0.773. The molecule has 2 rings (SSSR count). The third-order valence-electron chi connectivity index (χ3n) is 2.46. The summed E-state index contributed by atoms with van der Waals surface area (Å²) in [5.41, 5.74) is 8.98. The second kappa shape index (κ2) is 4.11. The van der Waals surface area contributed by atoms with Gasteiger partial charge in [-0.2, -0.15) is 0 Å². The Labute approximate surface area is 94.9 Å². The van der Waals surface area contributed by atoms with Crippen molar-refractivity contribution < 1.29 is 0 Å². The zero-order valence-corrected chi connectivity index (χ0v) is 9.14. The Kier molecular flexibility index (Phi) is 2.65. The maximum Gasteiger partial charge on any atom is 0.132 e. The molecular formula is C13H13N3. The minimum Gasteiger partial charge on any atom is -0.383 e. The van der Waals surface area contributed by atoms with Crippen molar-refractivity contribution in [1.29, 1.82) is 0 Å². The molecule has 1 aromatic heterocycles. The van der Waals surface area contributed by atoms with Gasteiger partial charge in [-0.1, -0.05) is 35.7 Å². The van der Waals surface area contributed by atoms with Crippen LogP contribution in [0.1, 0.15) is 5.56 Å². The highest BCUT2D eigenvalue weighted by atomic mass is 15.1. The van der Waals surface area contributed by atoms with Gasteiger partial charge in [0.05, 0.1) is 12.9 Å². The number of anilines is 1. The third kappa shape index (κ3) is 1.78. The van der Waals surface area contributed by atoms with Gasteiger partial charge in [-0.3, -0.25) is 0 Å². The van der Waals surface area contributed by atoms with Crippen LogP contribution in [-0.2, 0) is 6.54 Å². The molecule has 16 heavy (non-hydrogen) atoms. The van der Waals surface area contributed by atoms with Crippen molar-refractivity contribution in [2.24, 2.45) is 0 Å². The Bertz CT molecular complexity index is 529. The summed E-state index contributed by atoms with van der Waals surface area (Å²) in [4.78, 5) is 4.28. The normalized spacial score (nSPS) is 10.0. The van der Waals surface area contributed by atoms with Crippen LogP contribution in [0.2, 0.25) is 0 Å². The molecule has 2 N–H and O–H groups in total. The maximum atomic E-state index is 5.96. The SMILES string of the molecule is C#CCn1cnc(-c2ccc(C)cc2)c1N. The van der Waals surface area contributed by atoms with Crippen molar-refractivity contribution in [2.45, 2.75) is 13.5 Å². The van der Waals surface area contributed by atoms with Gasteiger partial charge in [0.25, 0.3) is 0 Å². The van der Waals surface area contributed by atoms with E-state index in [4.69, 9.17) is 12.2 Å². The molecule has 1 heterocycles. The second-order valence-corrected chi connectivity index (χ2v) is 3.68. The maximum absolute atomic E-state index is 5.96. The monoisotopic (exact) mass is 211 g/mol. The number of aryl methyl sites for hydroxylation is 1. The Morgan fingerprint density at radius 3 is 2.69 bits per heavy atom. The summed E-state index contributed by atoms with van der Waals surface area (Å²) in [6.07, 6.45) is 6.91. The summed E-state index contributed by atoms with van der Waals surface area (Å²) in [5, 5.41) is 0. The van der Waals surface area contributed by atoms with Crippen LogP contribution in [0.15, 0.2) is 30.6 Å². The summed E-state index contributed by atoms with van der Waals surface area (Å²) in [7, 11) is 0. The Balaban J connectivity index is 2.42. The largest absolute Gasteiger partial charge is 0.383 e. The Morgan fingerprint density at radius 1 is 1.38 bits per heavy atom. The number of hydrogen-bond donors (Lipinski definition) is 1. The number of aromatic nitrogens is 2. The van der Waals surface area contributed by atoms with Crippen LogP contribution in [0, 0.1) is 19.3 Å². The predicted molar refractivity (Wildman–Crippen MR) is 65.6 cm³/mol. The van der Waals surface area contributed by atoms with E-state index in [1.165, 1.54) is 5.56 Å². The average Bonchev–Trinajstić information content (AvgIpc) is 2.63. The van der Waals surface area contributed by atoms with Crippen LogP contribution < -0.4 is 5.73 Å². The smallest absolute Gasteiger partial charge is 0.132 e. The van der Waals surface area contributed by atoms with E-state index >= 15 is 0 Å². The van der Waals surface area contributed by atoms with E-state index in [-0.39, 0.29) is 0 Å². The molecule has 1 aromatic carbocycles. The first kappa shape index (κ1) is 10.3. The zero-order valence-electron chi connectivity index (χ0n) is 9.14. The number of imidazole rings is 1. The van der Waals surface area contributed by atoms with E-state index in [2.05, 4.69) is 10.9 Å². The number of hydrogen-bond acceptors (Lipinski definition) is 2. The molecule has 3 nitrogen and oxygen atoms in total. The lowest BCUT2D eigenvalue weighted by atomic mass is 10.1. The van der Waals surface area contributed by atoms with Crippen molar-refractivity contribution in [3.05, 3.63) is 36.2 Å². The van der Waals surface area contributed by atoms with Crippen LogP contribution in [0.25, 0.3) is 11.3 Å². The number of nitrogens with zero attached hydrogens (tertiary/aromatic N) is 2. The topological polar surface area (TPSA) is 43.8 Å². The molecule has 0 spiro atoms. The lowest BCUT2D eigenvalue weighted by Gasteiger charge is -2.02. The number of nitrogens with two attached hydrogens (primary N) is 1. The number of benzene rings is 1. The number of terminal acetylenes is 1. The molecule has 0 aliphatic carbocycles. The minimum atomic E-state index is 0.449. The van der Waals surface area contributed by atoms with Crippen LogP contribution in [0.5, 0.6) is 0 Å². The molecule has 80 valence electrons. The number of nitrogen functional groups attached to an aromatic ring is 1. The lowest BCUT2D eigenvalue weighted by molar-refractivity contribution is 0.852. The van der Waals surface area contributed by atoms with Crippen molar-refractivity contribution >= 4 is 5.82 Å². The van der Waals surface area contributed by atoms with Crippen LogP contribution in [-0.4, -0.2) is 9.55 Å². The molecular weight excluding hydrogens is 198 g/mol. The Morgan fingerprint density at radius 2 is 2.06 bits per heavy atom. The molecule has 0 bridgehead atoms. The summed E-state index contributed by atoms with van der Waals surface area (Å²) in [6, 6.07) is 8.09. The summed E-state index contributed by atoms with van der Waals surface area (Å²) in [5.74, 6) is 3.15. The predicted octanol–water partition coefficient (Wildman–Crippen LogP) is 2.07. The fraction of sp³-hybridized carbons (Fsp3) is 0.154. The van der Waals surface area contributed by atoms with Gasteiger partial charge in [0.2, 0.25) is 0 Å². The zero-order chi connectivity index (χ0) is 11.5. The van der Waals surface area contributed by atoms with E-state index in [1.54, 1.807) is 10.9 Å². The van der Waals surface area contributed by atoms with Gasteiger partial charge in [-0.15, -0.1) is 6.42 Å². The minimum absolute atomic E-state index is 0.449.